The quantitative estimate of drug-likeness (QED) is 0.667. The molecule has 1 aromatic heterocycles. The Bertz CT molecular complexity index is 465. The maximum absolute atomic E-state index is 5.64. The highest BCUT2D eigenvalue weighted by molar-refractivity contribution is 8.00. The predicted molar refractivity (Wildman–Crippen MR) is 74.6 cm³/mol. The maximum Gasteiger partial charge on any atom is 0.170 e. The summed E-state index contributed by atoms with van der Waals surface area (Å²) in [7, 11) is 0. The van der Waals surface area contributed by atoms with Crippen molar-refractivity contribution in [3.05, 3.63) is 35.7 Å². The zero-order valence-corrected chi connectivity index (χ0v) is 11.4. The highest BCUT2D eigenvalue weighted by Gasteiger charge is 2.02. The van der Waals surface area contributed by atoms with Gasteiger partial charge in [0.2, 0.25) is 0 Å². The van der Waals surface area contributed by atoms with Gasteiger partial charge in [0.15, 0.2) is 4.34 Å². The first-order chi connectivity index (χ1) is 8.28. The van der Waals surface area contributed by atoms with Gasteiger partial charge in [0.25, 0.3) is 0 Å². The van der Waals surface area contributed by atoms with E-state index in [1.165, 1.54) is 17.1 Å². The van der Waals surface area contributed by atoms with Crippen LogP contribution in [0.4, 0.5) is 5.69 Å². The SMILES string of the molecule is CCc1nsc(SCCc2ccc(N)cc2)n1. The molecule has 3 nitrogen and oxygen atoms in total. The Balaban J connectivity index is 1.81. The van der Waals surface area contributed by atoms with E-state index >= 15 is 0 Å². The van der Waals surface area contributed by atoms with Crippen molar-refractivity contribution in [3.63, 3.8) is 0 Å². The van der Waals surface area contributed by atoms with Gasteiger partial charge in [-0.3, -0.25) is 0 Å². The number of hydrogen-bond donors (Lipinski definition) is 1. The molecular formula is C12H15N3S2. The molecule has 0 amide bonds. The van der Waals surface area contributed by atoms with Crippen molar-refractivity contribution < 1.29 is 0 Å². The molecule has 0 spiro atoms. The lowest BCUT2D eigenvalue weighted by molar-refractivity contribution is 0.971. The zero-order valence-electron chi connectivity index (χ0n) is 9.72. The lowest BCUT2D eigenvalue weighted by Gasteiger charge is -2.00. The molecule has 0 atom stereocenters. The van der Waals surface area contributed by atoms with Crippen LogP contribution in [0.25, 0.3) is 0 Å². The molecule has 0 fully saturated rings. The van der Waals surface area contributed by atoms with Gasteiger partial charge in [0.05, 0.1) is 0 Å². The van der Waals surface area contributed by atoms with Crippen LogP contribution in [0, 0.1) is 0 Å². The Kier molecular flexibility index (Phi) is 4.39. The Morgan fingerprint density at radius 2 is 2.06 bits per heavy atom. The molecule has 90 valence electrons. The minimum atomic E-state index is 0.818. The number of anilines is 1. The first-order valence-corrected chi connectivity index (χ1v) is 7.33. The lowest BCUT2D eigenvalue weighted by Crippen LogP contribution is -1.90. The third-order valence-corrected chi connectivity index (χ3v) is 4.23. The summed E-state index contributed by atoms with van der Waals surface area (Å²) in [5, 5.41) is 0. The normalized spacial score (nSPS) is 10.6. The largest absolute Gasteiger partial charge is 0.399 e. The van der Waals surface area contributed by atoms with Gasteiger partial charge in [0, 0.05) is 17.9 Å². The highest BCUT2D eigenvalue weighted by atomic mass is 32.2. The van der Waals surface area contributed by atoms with Crippen molar-refractivity contribution in [3.8, 4) is 0 Å². The topological polar surface area (TPSA) is 51.8 Å². The Morgan fingerprint density at radius 1 is 1.29 bits per heavy atom. The first-order valence-electron chi connectivity index (χ1n) is 5.57. The van der Waals surface area contributed by atoms with E-state index in [1.807, 2.05) is 12.1 Å². The number of benzene rings is 1. The van der Waals surface area contributed by atoms with Crippen molar-refractivity contribution in [2.45, 2.75) is 24.1 Å². The van der Waals surface area contributed by atoms with E-state index < -0.39 is 0 Å². The fraction of sp³-hybridized carbons (Fsp3) is 0.333. The van der Waals surface area contributed by atoms with Gasteiger partial charge in [-0.2, -0.15) is 4.37 Å². The van der Waals surface area contributed by atoms with Crippen LogP contribution in [-0.4, -0.2) is 15.1 Å². The second-order valence-corrected chi connectivity index (χ2v) is 5.76. The highest BCUT2D eigenvalue weighted by Crippen LogP contribution is 2.21. The zero-order chi connectivity index (χ0) is 12.1. The van der Waals surface area contributed by atoms with Crippen LogP contribution in [0.5, 0.6) is 0 Å². The summed E-state index contributed by atoms with van der Waals surface area (Å²) in [6.07, 6.45) is 1.95. The van der Waals surface area contributed by atoms with Crippen molar-refractivity contribution in [2.24, 2.45) is 0 Å². The summed E-state index contributed by atoms with van der Waals surface area (Å²) in [4.78, 5) is 4.42. The molecule has 0 saturated carbocycles. The molecule has 0 aliphatic rings. The molecule has 0 saturated heterocycles. The van der Waals surface area contributed by atoms with E-state index in [2.05, 4.69) is 28.4 Å². The number of aryl methyl sites for hydroxylation is 2. The van der Waals surface area contributed by atoms with Crippen LogP contribution < -0.4 is 5.73 Å². The summed E-state index contributed by atoms with van der Waals surface area (Å²) in [6.45, 7) is 2.07. The number of hydrogen-bond acceptors (Lipinski definition) is 5. The lowest BCUT2D eigenvalue weighted by atomic mass is 10.2. The van der Waals surface area contributed by atoms with Crippen LogP contribution in [0.3, 0.4) is 0 Å². The number of thioether (sulfide) groups is 1. The Hall–Kier alpha value is -1.07. The van der Waals surface area contributed by atoms with E-state index in [-0.39, 0.29) is 0 Å². The molecule has 1 heterocycles. The molecule has 0 radical (unpaired) electrons. The minimum Gasteiger partial charge on any atom is -0.399 e. The summed E-state index contributed by atoms with van der Waals surface area (Å²) >= 11 is 3.26. The predicted octanol–water partition coefficient (Wildman–Crippen LogP) is 3.02. The summed E-state index contributed by atoms with van der Waals surface area (Å²) in [5.41, 5.74) is 7.77. The number of nitrogen functional groups attached to an aromatic ring is 1. The molecule has 0 unspecified atom stereocenters. The summed E-state index contributed by atoms with van der Waals surface area (Å²) < 4.78 is 5.33. The number of nitrogens with zero attached hydrogens (tertiary/aromatic N) is 2. The van der Waals surface area contributed by atoms with Gasteiger partial charge in [-0.25, -0.2) is 4.98 Å². The first kappa shape index (κ1) is 12.4. The van der Waals surface area contributed by atoms with Crippen LogP contribution in [0.15, 0.2) is 28.6 Å². The number of rotatable bonds is 5. The van der Waals surface area contributed by atoms with Crippen LogP contribution >= 0.6 is 23.3 Å². The molecule has 2 N–H and O–H groups in total. The Morgan fingerprint density at radius 3 is 2.71 bits per heavy atom. The summed E-state index contributed by atoms with van der Waals surface area (Å²) in [6, 6.07) is 8.04. The van der Waals surface area contributed by atoms with Crippen molar-refractivity contribution in [1.29, 1.82) is 0 Å². The van der Waals surface area contributed by atoms with E-state index in [1.54, 1.807) is 11.8 Å². The fourth-order valence-electron chi connectivity index (χ4n) is 1.38. The van der Waals surface area contributed by atoms with Gasteiger partial charge < -0.3 is 5.73 Å². The third-order valence-electron chi connectivity index (χ3n) is 2.36. The van der Waals surface area contributed by atoms with Crippen molar-refractivity contribution in [2.75, 3.05) is 11.5 Å². The van der Waals surface area contributed by atoms with Gasteiger partial charge >= 0.3 is 0 Å². The van der Waals surface area contributed by atoms with Crippen molar-refractivity contribution in [1.82, 2.24) is 9.36 Å². The van der Waals surface area contributed by atoms with Crippen LogP contribution in [0.1, 0.15) is 18.3 Å². The van der Waals surface area contributed by atoms with Gasteiger partial charge in [-0.1, -0.05) is 30.8 Å². The maximum atomic E-state index is 5.64. The van der Waals surface area contributed by atoms with Gasteiger partial charge in [-0.05, 0) is 35.6 Å². The average molecular weight is 265 g/mol. The molecule has 2 rings (SSSR count). The van der Waals surface area contributed by atoms with Crippen LogP contribution in [0.2, 0.25) is 0 Å². The second-order valence-electron chi connectivity index (χ2n) is 3.67. The van der Waals surface area contributed by atoms with Gasteiger partial charge in [0.1, 0.15) is 5.82 Å². The third kappa shape index (κ3) is 3.71. The van der Waals surface area contributed by atoms with Gasteiger partial charge in [-0.15, -0.1) is 0 Å². The van der Waals surface area contributed by atoms with Crippen molar-refractivity contribution >= 4 is 29.0 Å². The fourth-order valence-corrected chi connectivity index (χ4v) is 3.14. The average Bonchev–Trinajstić information content (AvgIpc) is 2.80. The molecule has 0 aliphatic carbocycles. The molecule has 1 aromatic carbocycles. The molecular weight excluding hydrogens is 250 g/mol. The monoisotopic (exact) mass is 265 g/mol. The van der Waals surface area contributed by atoms with E-state index in [4.69, 9.17) is 5.73 Å². The van der Waals surface area contributed by atoms with E-state index in [0.717, 1.165) is 34.4 Å². The summed E-state index contributed by atoms with van der Waals surface area (Å²) in [5.74, 6) is 1.98. The molecule has 2 aromatic rings. The molecule has 5 heteroatoms. The number of nitrogens with two attached hydrogens (primary N) is 1. The molecule has 17 heavy (non-hydrogen) atoms. The number of aromatic nitrogens is 2. The van der Waals surface area contributed by atoms with E-state index in [9.17, 15) is 0 Å². The smallest absolute Gasteiger partial charge is 0.170 e. The standard InChI is InChI=1S/C12H15N3S2/c1-2-11-14-12(17-15-11)16-8-7-9-3-5-10(13)6-4-9/h3-6H,2,7-8,13H2,1H3. The molecule has 0 aliphatic heterocycles. The Labute approximate surface area is 110 Å². The van der Waals surface area contributed by atoms with Crippen LogP contribution in [-0.2, 0) is 12.8 Å². The second kappa shape index (κ2) is 6.02. The van der Waals surface area contributed by atoms with E-state index in [0.29, 0.717) is 0 Å². The molecule has 0 bridgehead atoms. The minimum absolute atomic E-state index is 0.818.